The molecule has 0 saturated heterocycles. The molecule has 2 heterocycles. The maximum Gasteiger partial charge on any atom is 0.335 e. The second kappa shape index (κ2) is 5.66. The summed E-state index contributed by atoms with van der Waals surface area (Å²) < 4.78 is 1.56. The Hall–Kier alpha value is -3.59. The summed E-state index contributed by atoms with van der Waals surface area (Å²) in [7, 11) is 0. The number of carbonyl (C=O) groups is 1. The lowest BCUT2D eigenvalue weighted by Crippen LogP contribution is -2.00. The topological polar surface area (TPSA) is 99.1 Å². The zero-order valence-electron chi connectivity index (χ0n) is 11.8. The first kappa shape index (κ1) is 14.4. The number of aromatic nitrogens is 2. The predicted octanol–water partition coefficient (Wildman–Crippen LogP) is 2.81. The summed E-state index contributed by atoms with van der Waals surface area (Å²) in [6, 6.07) is 11.6. The molecule has 3 rings (SSSR count). The van der Waals surface area contributed by atoms with Crippen LogP contribution in [0.25, 0.3) is 16.9 Å². The molecule has 0 amide bonds. The van der Waals surface area contributed by atoms with Gasteiger partial charge in [-0.3, -0.25) is 0 Å². The van der Waals surface area contributed by atoms with Crippen molar-refractivity contribution >= 4 is 5.97 Å². The second-order valence-electron chi connectivity index (χ2n) is 4.83. The van der Waals surface area contributed by atoms with Gasteiger partial charge < -0.3 is 14.8 Å². The van der Waals surface area contributed by atoms with E-state index in [1.54, 1.807) is 35.2 Å². The summed E-state index contributed by atoms with van der Waals surface area (Å²) in [4.78, 5) is 15.2. The normalized spacial score (nSPS) is 10.2. The maximum atomic E-state index is 11.1. The van der Waals surface area contributed by atoms with Crippen LogP contribution >= 0.6 is 0 Å². The minimum atomic E-state index is -1.05. The lowest BCUT2D eigenvalue weighted by Gasteiger charge is -2.03. The molecule has 3 aromatic rings. The van der Waals surface area contributed by atoms with Crippen molar-refractivity contribution in [3.63, 3.8) is 0 Å². The fourth-order valence-electron chi connectivity index (χ4n) is 2.28. The minimum Gasteiger partial charge on any atom is -0.507 e. The Morgan fingerprint density at radius 3 is 2.65 bits per heavy atom. The van der Waals surface area contributed by atoms with E-state index in [1.807, 2.05) is 0 Å². The van der Waals surface area contributed by atoms with Gasteiger partial charge in [0.15, 0.2) is 0 Å². The number of carboxylic acids is 1. The third-order valence-corrected chi connectivity index (χ3v) is 3.40. The van der Waals surface area contributed by atoms with Crippen LogP contribution < -0.4 is 0 Å². The highest BCUT2D eigenvalue weighted by molar-refractivity contribution is 5.88. The van der Waals surface area contributed by atoms with E-state index < -0.39 is 5.97 Å². The third-order valence-electron chi connectivity index (χ3n) is 3.40. The van der Waals surface area contributed by atoms with Crippen molar-refractivity contribution < 1.29 is 15.0 Å². The Kier molecular flexibility index (Phi) is 3.53. The number of benzene rings is 1. The molecule has 0 atom stereocenters. The van der Waals surface area contributed by atoms with Crippen molar-refractivity contribution in [2.75, 3.05) is 0 Å². The second-order valence-corrected chi connectivity index (χ2v) is 4.83. The number of nitriles is 1. The number of phenolic OH excluding ortho intramolecular Hbond substituents is 1. The van der Waals surface area contributed by atoms with Crippen molar-refractivity contribution in [3.8, 4) is 28.8 Å². The lowest BCUT2D eigenvalue weighted by atomic mass is 10.0. The van der Waals surface area contributed by atoms with Gasteiger partial charge in [0.2, 0.25) is 0 Å². The first-order valence-electron chi connectivity index (χ1n) is 6.70. The summed E-state index contributed by atoms with van der Waals surface area (Å²) in [5.41, 5.74) is 1.53. The largest absolute Gasteiger partial charge is 0.507 e. The molecule has 2 N–H and O–H groups in total. The molecule has 0 fully saturated rings. The van der Waals surface area contributed by atoms with E-state index in [-0.39, 0.29) is 11.3 Å². The molecule has 112 valence electrons. The number of phenols is 1. The molecule has 23 heavy (non-hydrogen) atoms. The van der Waals surface area contributed by atoms with Crippen LogP contribution in [0, 0.1) is 11.3 Å². The number of rotatable bonds is 3. The highest BCUT2D eigenvalue weighted by atomic mass is 16.4. The standard InChI is InChI=1S/C17H11N3O3/c18-8-12-9-20(16-7-11(17(22)23)5-6-19-16)10-14(12)13-3-1-2-4-15(13)21/h1-7,9-10,21H,(H,22,23). The summed E-state index contributed by atoms with van der Waals surface area (Å²) >= 11 is 0. The van der Waals surface area contributed by atoms with Gasteiger partial charge in [0, 0.05) is 29.7 Å². The van der Waals surface area contributed by atoms with E-state index in [4.69, 9.17) is 5.11 Å². The van der Waals surface area contributed by atoms with Gasteiger partial charge in [0.1, 0.15) is 17.6 Å². The van der Waals surface area contributed by atoms with E-state index in [0.717, 1.165) is 0 Å². The number of nitrogens with zero attached hydrogens (tertiary/aromatic N) is 3. The van der Waals surface area contributed by atoms with Crippen LogP contribution in [0.2, 0.25) is 0 Å². The molecule has 0 unspecified atom stereocenters. The van der Waals surface area contributed by atoms with Crippen LogP contribution in [-0.4, -0.2) is 25.7 Å². The fourth-order valence-corrected chi connectivity index (χ4v) is 2.28. The van der Waals surface area contributed by atoms with Crippen LogP contribution in [0.1, 0.15) is 15.9 Å². The van der Waals surface area contributed by atoms with Gasteiger partial charge in [-0.25, -0.2) is 9.78 Å². The molecule has 2 aromatic heterocycles. The average molecular weight is 305 g/mol. The van der Waals surface area contributed by atoms with E-state index in [2.05, 4.69) is 11.1 Å². The summed E-state index contributed by atoms with van der Waals surface area (Å²) in [5.74, 6) is -0.612. The van der Waals surface area contributed by atoms with Crippen molar-refractivity contribution in [1.29, 1.82) is 5.26 Å². The van der Waals surface area contributed by atoms with Crippen molar-refractivity contribution in [2.24, 2.45) is 0 Å². The Bertz CT molecular complexity index is 938. The summed E-state index contributed by atoms with van der Waals surface area (Å²) in [6.45, 7) is 0. The molecule has 6 heteroatoms. The molecule has 1 aromatic carbocycles. The van der Waals surface area contributed by atoms with Crippen molar-refractivity contribution in [3.05, 3.63) is 66.1 Å². The molecule has 0 spiro atoms. The number of hydrogen-bond acceptors (Lipinski definition) is 4. The average Bonchev–Trinajstić information content (AvgIpc) is 2.99. The third kappa shape index (κ3) is 2.63. The Morgan fingerprint density at radius 1 is 1.17 bits per heavy atom. The molecule has 0 radical (unpaired) electrons. The molecular formula is C17H11N3O3. The SMILES string of the molecule is N#Cc1cn(-c2cc(C(=O)O)ccn2)cc1-c1ccccc1O. The van der Waals surface area contributed by atoms with Gasteiger partial charge in [0.05, 0.1) is 11.1 Å². The maximum absolute atomic E-state index is 11.1. The van der Waals surface area contributed by atoms with Crippen LogP contribution in [0.15, 0.2) is 55.0 Å². The van der Waals surface area contributed by atoms with Crippen molar-refractivity contribution in [2.45, 2.75) is 0 Å². The number of aromatic hydroxyl groups is 1. The fraction of sp³-hybridized carbons (Fsp3) is 0. The molecule has 0 saturated carbocycles. The molecule has 0 aliphatic carbocycles. The van der Waals surface area contributed by atoms with E-state index in [0.29, 0.717) is 22.5 Å². The van der Waals surface area contributed by atoms with Gasteiger partial charge in [-0.05, 0) is 18.2 Å². The lowest BCUT2D eigenvalue weighted by molar-refractivity contribution is 0.0696. The van der Waals surface area contributed by atoms with Crippen LogP contribution in [0.3, 0.4) is 0 Å². The van der Waals surface area contributed by atoms with Crippen LogP contribution in [-0.2, 0) is 0 Å². The molecular weight excluding hydrogens is 294 g/mol. The number of carboxylic acid groups (broad SMARTS) is 1. The minimum absolute atomic E-state index is 0.0639. The zero-order chi connectivity index (χ0) is 16.4. The van der Waals surface area contributed by atoms with Gasteiger partial charge >= 0.3 is 5.97 Å². The van der Waals surface area contributed by atoms with Crippen molar-refractivity contribution in [1.82, 2.24) is 9.55 Å². The molecule has 6 nitrogen and oxygen atoms in total. The van der Waals surface area contributed by atoms with Crippen LogP contribution in [0.4, 0.5) is 0 Å². The first-order chi connectivity index (χ1) is 11.1. The first-order valence-corrected chi connectivity index (χ1v) is 6.70. The number of pyridine rings is 1. The quantitative estimate of drug-likeness (QED) is 0.775. The Balaban J connectivity index is 2.14. The zero-order valence-corrected chi connectivity index (χ0v) is 11.8. The van der Waals surface area contributed by atoms with E-state index >= 15 is 0 Å². The number of hydrogen-bond donors (Lipinski definition) is 2. The predicted molar refractivity (Wildman–Crippen MR) is 82.3 cm³/mol. The summed E-state index contributed by atoms with van der Waals surface area (Å²) in [5, 5.41) is 28.3. The van der Waals surface area contributed by atoms with Crippen LogP contribution in [0.5, 0.6) is 5.75 Å². The highest BCUT2D eigenvalue weighted by Crippen LogP contribution is 2.32. The molecule has 0 aliphatic heterocycles. The van der Waals surface area contributed by atoms with Gasteiger partial charge in [-0.2, -0.15) is 5.26 Å². The monoisotopic (exact) mass is 305 g/mol. The van der Waals surface area contributed by atoms with E-state index in [9.17, 15) is 15.2 Å². The summed E-state index contributed by atoms with van der Waals surface area (Å²) in [6.07, 6.45) is 4.59. The van der Waals surface area contributed by atoms with Gasteiger partial charge in [0.25, 0.3) is 0 Å². The molecule has 0 bridgehead atoms. The van der Waals surface area contributed by atoms with Gasteiger partial charge in [-0.15, -0.1) is 0 Å². The highest BCUT2D eigenvalue weighted by Gasteiger charge is 2.14. The van der Waals surface area contributed by atoms with E-state index in [1.165, 1.54) is 24.4 Å². The molecule has 0 aliphatic rings. The number of para-hydroxylation sites is 1. The smallest absolute Gasteiger partial charge is 0.335 e. The Morgan fingerprint density at radius 2 is 1.96 bits per heavy atom. The Labute approximate surface area is 131 Å². The number of aromatic carboxylic acids is 1. The van der Waals surface area contributed by atoms with Gasteiger partial charge in [-0.1, -0.05) is 18.2 Å².